The Balaban J connectivity index is 2.58. The van der Waals surface area contributed by atoms with Crippen LogP contribution in [0.5, 0.6) is 0 Å². The number of hydrogen-bond donors (Lipinski definition) is 2. The number of terminal acetylenes is 1. The Morgan fingerprint density at radius 1 is 1.47 bits per heavy atom. The average molecular weight is 237 g/mol. The number of carboxylic acid groups (broad SMARTS) is 1. The lowest BCUT2D eigenvalue weighted by Gasteiger charge is -2.39. The third kappa shape index (κ3) is 4.40. The normalized spacial score (nSPS) is 33.0. The molecular formula is C14H23NO2. The molecule has 0 aromatic carbocycles. The minimum atomic E-state index is -0.682. The van der Waals surface area contributed by atoms with Gasteiger partial charge in [0.25, 0.3) is 0 Å². The summed E-state index contributed by atoms with van der Waals surface area (Å²) < 4.78 is 0. The van der Waals surface area contributed by atoms with Gasteiger partial charge in [-0.2, -0.15) is 0 Å². The van der Waals surface area contributed by atoms with Gasteiger partial charge in [0.05, 0.1) is 6.54 Å². The molecule has 96 valence electrons. The van der Waals surface area contributed by atoms with Crippen LogP contribution in [-0.4, -0.2) is 24.2 Å². The number of nitrogens with one attached hydrogen (secondary N) is 1. The number of hydrogen-bond acceptors (Lipinski definition) is 2. The van der Waals surface area contributed by atoms with Gasteiger partial charge in [0, 0.05) is 6.42 Å². The van der Waals surface area contributed by atoms with Crippen LogP contribution in [0.1, 0.15) is 33.1 Å². The first-order valence-corrected chi connectivity index (χ1v) is 6.40. The van der Waals surface area contributed by atoms with E-state index in [1.165, 1.54) is 0 Å². The van der Waals surface area contributed by atoms with Crippen LogP contribution < -0.4 is 5.32 Å². The van der Waals surface area contributed by atoms with E-state index in [1.54, 1.807) is 0 Å². The Morgan fingerprint density at radius 2 is 2.18 bits per heavy atom. The van der Waals surface area contributed by atoms with E-state index in [4.69, 9.17) is 11.5 Å². The molecule has 0 radical (unpaired) electrons. The molecular weight excluding hydrogens is 214 g/mol. The van der Waals surface area contributed by atoms with Crippen molar-refractivity contribution < 1.29 is 9.90 Å². The van der Waals surface area contributed by atoms with Crippen molar-refractivity contribution in [2.24, 2.45) is 23.7 Å². The molecule has 0 aromatic rings. The fraction of sp³-hybridized carbons (Fsp3) is 0.786. The third-order valence-electron chi connectivity index (χ3n) is 3.86. The second kappa shape index (κ2) is 6.66. The van der Waals surface area contributed by atoms with Gasteiger partial charge in [-0.25, -0.2) is 0 Å². The molecule has 0 heterocycles. The zero-order valence-corrected chi connectivity index (χ0v) is 10.8. The molecule has 4 unspecified atom stereocenters. The quantitative estimate of drug-likeness (QED) is 0.568. The monoisotopic (exact) mass is 237 g/mol. The van der Waals surface area contributed by atoms with Crippen molar-refractivity contribution in [2.75, 3.05) is 13.1 Å². The first kappa shape index (κ1) is 14.1. The predicted octanol–water partition coefficient (Wildman–Crippen LogP) is 1.98. The second-order valence-corrected chi connectivity index (χ2v) is 5.41. The largest absolute Gasteiger partial charge is 0.481 e. The van der Waals surface area contributed by atoms with Crippen molar-refractivity contribution in [1.82, 2.24) is 5.32 Å². The molecule has 0 saturated heterocycles. The van der Waals surface area contributed by atoms with Crippen molar-refractivity contribution in [3.8, 4) is 12.3 Å². The van der Waals surface area contributed by atoms with Crippen LogP contribution in [0.25, 0.3) is 0 Å². The lowest BCUT2D eigenvalue weighted by molar-refractivity contribution is -0.139. The second-order valence-electron chi connectivity index (χ2n) is 5.41. The summed E-state index contributed by atoms with van der Waals surface area (Å²) in [6.07, 6.45) is 7.75. The van der Waals surface area contributed by atoms with Crippen LogP contribution in [0.4, 0.5) is 0 Å². The summed E-state index contributed by atoms with van der Waals surface area (Å²) >= 11 is 0. The van der Waals surface area contributed by atoms with Gasteiger partial charge in [-0.15, -0.1) is 6.42 Å². The lowest BCUT2D eigenvalue weighted by Crippen LogP contribution is -2.38. The number of rotatable bonds is 5. The third-order valence-corrected chi connectivity index (χ3v) is 3.86. The van der Waals surface area contributed by atoms with Crippen LogP contribution >= 0.6 is 0 Å². The van der Waals surface area contributed by atoms with E-state index in [-0.39, 0.29) is 12.3 Å². The highest BCUT2D eigenvalue weighted by Crippen LogP contribution is 2.39. The molecule has 0 aliphatic heterocycles. The Kier molecular flexibility index (Phi) is 5.50. The first-order valence-electron chi connectivity index (χ1n) is 6.40. The highest BCUT2D eigenvalue weighted by Gasteiger charge is 2.34. The lowest BCUT2D eigenvalue weighted by atomic mass is 9.67. The van der Waals surface area contributed by atoms with E-state index in [2.05, 4.69) is 25.1 Å². The Hall–Kier alpha value is -1.01. The Labute approximate surface area is 104 Å². The highest BCUT2D eigenvalue weighted by molar-refractivity contribution is 5.67. The highest BCUT2D eigenvalue weighted by atomic mass is 16.4. The molecule has 0 aromatic heterocycles. The summed E-state index contributed by atoms with van der Waals surface area (Å²) in [5.41, 5.74) is 0. The maximum absolute atomic E-state index is 10.9. The van der Waals surface area contributed by atoms with Crippen molar-refractivity contribution >= 4 is 5.97 Å². The molecule has 0 bridgehead atoms. The average Bonchev–Trinajstić information content (AvgIpc) is 2.23. The molecule has 17 heavy (non-hydrogen) atoms. The van der Waals surface area contributed by atoms with E-state index >= 15 is 0 Å². The molecule has 0 spiro atoms. The molecule has 1 saturated carbocycles. The van der Waals surface area contributed by atoms with Crippen LogP contribution in [0.3, 0.4) is 0 Å². The van der Waals surface area contributed by atoms with Gasteiger partial charge < -0.3 is 10.4 Å². The summed E-state index contributed by atoms with van der Waals surface area (Å²) in [6.45, 7) is 5.84. The van der Waals surface area contributed by atoms with E-state index in [0.29, 0.717) is 24.3 Å². The summed E-state index contributed by atoms with van der Waals surface area (Å²) in [5, 5.41) is 12.2. The SMILES string of the molecule is C#CCNCC1CC(C)CC(C)C1CC(=O)O. The van der Waals surface area contributed by atoms with Crippen molar-refractivity contribution in [2.45, 2.75) is 33.1 Å². The van der Waals surface area contributed by atoms with Crippen molar-refractivity contribution in [1.29, 1.82) is 0 Å². The molecule has 3 heteroatoms. The maximum Gasteiger partial charge on any atom is 0.303 e. The van der Waals surface area contributed by atoms with E-state index in [1.807, 2.05) is 0 Å². The van der Waals surface area contributed by atoms with E-state index in [0.717, 1.165) is 19.4 Å². The minimum Gasteiger partial charge on any atom is -0.481 e. The topological polar surface area (TPSA) is 49.3 Å². The predicted molar refractivity (Wildman–Crippen MR) is 68.5 cm³/mol. The van der Waals surface area contributed by atoms with Gasteiger partial charge in [0.2, 0.25) is 0 Å². The van der Waals surface area contributed by atoms with Gasteiger partial charge >= 0.3 is 5.97 Å². The molecule has 4 atom stereocenters. The van der Waals surface area contributed by atoms with Gasteiger partial charge in [-0.1, -0.05) is 19.8 Å². The molecule has 1 fully saturated rings. The van der Waals surface area contributed by atoms with Crippen LogP contribution in [0.15, 0.2) is 0 Å². The van der Waals surface area contributed by atoms with Crippen LogP contribution in [0, 0.1) is 36.0 Å². The first-order chi connectivity index (χ1) is 8.04. The number of aliphatic carboxylic acids is 1. The van der Waals surface area contributed by atoms with Gasteiger partial charge in [0.1, 0.15) is 0 Å². The zero-order valence-electron chi connectivity index (χ0n) is 10.8. The maximum atomic E-state index is 10.9. The van der Waals surface area contributed by atoms with Gasteiger partial charge in [0.15, 0.2) is 0 Å². The standard InChI is InChI=1S/C14H23NO2/c1-4-5-15-9-12-7-10(2)6-11(3)13(12)8-14(16)17/h1,10-13,15H,5-9H2,2-3H3,(H,16,17). The molecule has 1 aliphatic rings. The number of carboxylic acids is 1. The zero-order chi connectivity index (χ0) is 12.8. The molecule has 1 rings (SSSR count). The minimum absolute atomic E-state index is 0.286. The molecule has 2 N–H and O–H groups in total. The van der Waals surface area contributed by atoms with Gasteiger partial charge in [-0.05, 0) is 43.1 Å². The fourth-order valence-electron chi connectivity index (χ4n) is 3.20. The van der Waals surface area contributed by atoms with Crippen molar-refractivity contribution in [3.05, 3.63) is 0 Å². The summed E-state index contributed by atoms with van der Waals surface area (Å²) in [6, 6.07) is 0. The number of carbonyl (C=O) groups is 1. The summed E-state index contributed by atoms with van der Waals surface area (Å²) in [7, 11) is 0. The molecule has 0 amide bonds. The Morgan fingerprint density at radius 3 is 2.76 bits per heavy atom. The van der Waals surface area contributed by atoms with E-state index < -0.39 is 5.97 Å². The van der Waals surface area contributed by atoms with E-state index in [9.17, 15) is 4.79 Å². The molecule has 3 nitrogen and oxygen atoms in total. The smallest absolute Gasteiger partial charge is 0.303 e. The van der Waals surface area contributed by atoms with Crippen LogP contribution in [-0.2, 0) is 4.79 Å². The summed E-state index contributed by atoms with van der Waals surface area (Å²) in [5.74, 6) is 3.79. The van der Waals surface area contributed by atoms with Gasteiger partial charge in [-0.3, -0.25) is 4.79 Å². The summed E-state index contributed by atoms with van der Waals surface area (Å²) in [4.78, 5) is 10.9. The van der Waals surface area contributed by atoms with Crippen molar-refractivity contribution in [3.63, 3.8) is 0 Å². The Bertz CT molecular complexity index is 295. The van der Waals surface area contributed by atoms with Crippen LogP contribution in [0.2, 0.25) is 0 Å². The fourth-order valence-corrected chi connectivity index (χ4v) is 3.20. The molecule has 1 aliphatic carbocycles.